The van der Waals surface area contributed by atoms with E-state index in [1.165, 1.54) is 31.5 Å². The van der Waals surface area contributed by atoms with Crippen molar-refractivity contribution in [2.24, 2.45) is 0 Å². The van der Waals surface area contributed by atoms with Crippen molar-refractivity contribution in [3.63, 3.8) is 0 Å². The highest BCUT2D eigenvalue weighted by Gasteiger charge is 2.18. The smallest absolute Gasteiger partial charge is 0.106 e. The maximum atomic E-state index is 4.44. The van der Waals surface area contributed by atoms with E-state index in [4.69, 9.17) is 0 Å². The lowest BCUT2D eigenvalue weighted by atomic mass is 10.0. The highest BCUT2D eigenvalue weighted by molar-refractivity contribution is 9.10. The van der Waals surface area contributed by atoms with E-state index in [9.17, 15) is 0 Å². The second kappa shape index (κ2) is 7.23. The average molecular weight is 338 g/mol. The van der Waals surface area contributed by atoms with E-state index in [1.807, 2.05) is 6.07 Å². The minimum Gasteiger partial charge on any atom is -0.381 e. The number of likely N-dealkylation sites (tertiary alicyclic amines) is 1. The van der Waals surface area contributed by atoms with Crippen molar-refractivity contribution >= 4 is 21.6 Å². The molecule has 1 N–H and O–H groups in total. The SMILES string of the molecule is CC(C)=CCN1CCC(Nc2ccc(Br)nc2C)CC1. The Hall–Kier alpha value is -0.870. The van der Waals surface area contributed by atoms with E-state index in [0.29, 0.717) is 6.04 Å². The number of anilines is 1. The molecule has 20 heavy (non-hydrogen) atoms. The van der Waals surface area contributed by atoms with Gasteiger partial charge >= 0.3 is 0 Å². The van der Waals surface area contributed by atoms with Gasteiger partial charge in [-0.05, 0) is 61.7 Å². The van der Waals surface area contributed by atoms with Gasteiger partial charge in [-0.25, -0.2) is 4.98 Å². The molecule has 0 spiro atoms. The molecule has 1 aromatic heterocycles. The second-order valence-corrected chi connectivity index (χ2v) is 6.58. The van der Waals surface area contributed by atoms with Crippen molar-refractivity contribution in [2.75, 3.05) is 25.0 Å². The summed E-state index contributed by atoms with van der Waals surface area (Å²) in [4.78, 5) is 6.96. The number of pyridine rings is 1. The van der Waals surface area contributed by atoms with Gasteiger partial charge in [-0.2, -0.15) is 0 Å². The molecule has 0 aliphatic carbocycles. The number of hydrogen-bond donors (Lipinski definition) is 1. The molecule has 1 aliphatic heterocycles. The number of nitrogens with one attached hydrogen (secondary N) is 1. The Morgan fingerprint density at radius 1 is 1.40 bits per heavy atom. The van der Waals surface area contributed by atoms with Gasteiger partial charge in [0.05, 0.1) is 11.4 Å². The fourth-order valence-electron chi connectivity index (χ4n) is 2.47. The Morgan fingerprint density at radius 2 is 2.10 bits per heavy atom. The predicted molar refractivity (Wildman–Crippen MR) is 89.2 cm³/mol. The van der Waals surface area contributed by atoms with Crippen LogP contribution in [0.1, 0.15) is 32.4 Å². The zero-order valence-electron chi connectivity index (χ0n) is 12.6. The third kappa shape index (κ3) is 4.60. The molecule has 110 valence electrons. The third-order valence-electron chi connectivity index (χ3n) is 3.76. The van der Waals surface area contributed by atoms with Crippen LogP contribution in [0.25, 0.3) is 0 Å². The molecule has 0 aromatic carbocycles. The fourth-order valence-corrected chi connectivity index (χ4v) is 2.87. The fraction of sp³-hybridized carbons (Fsp3) is 0.562. The quantitative estimate of drug-likeness (QED) is 0.664. The minimum atomic E-state index is 0.569. The van der Waals surface area contributed by atoms with Gasteiger partial charge in [0.2, 0.25) is 0 Å². The summed E-state index contributed by atoms with van der Waals surface area (Å²) in [5.74, 6) is 0. The van der Waals surface area contributed by atoms with Gasteiger partial charge in [0.1, 0.15) is 4.60 Å². The number of allylic oxidation sites excluding steroid dienone is 1. The van der Waals surface area contributed by atoms with Crippen molar-refractivity contribution in [1.82, 2.24) is 9.88 Å². The molecule has 2 rings (SSSR count). The summed E-state index contributed by atoms with van der Waals surface area (Å²) in [6.07, 6.45) is 4.72. The summed E-state index contributed by atoms with van der Waals surface area (Å²) < 4.78 is 0.900. The van der Waals surface area contributed by atoms with Gasteiger partial charge in [0.15, 0.2) is 0 Å². The largest absolute Gasteiger partial charge is 0.381 e. The summed E-state index contributed by atoms with van der Waals surface area (Å²) in [5.41, 5.74) is 3.63. The van der Waals surface area contributed by atoms with Crippen LogP contribution in [0.3, 0.4) is 0 Å². The lowest BCUT2D eigenvalue weighted by Crippen LogP contribution is -2.39. The standard InChI is InChI=1S/C16H24BrN3/c1-12(2)6-9-20-10-7-14(8-11-20)19-15-4-5-16(17)18-13(15)3/h4-6,14,19H,7-11H2,1-3H3. The first-order valence-electron chi connectivity index (χ1n) is 7.30. The van der Waals surface area contributed by atoms with Gasteiger partial charge in [0, 0.05) is 25.7 Å². The van der Waals surface area contributed by atoms with E-state index in [-0.39, 0.29) is 0 Å². The van der Waals surface area contributed by atoms with Crippen LogP contribution < -0.4 is 5.32 Å². The van der Waals surface area contributed by atoms with Crippen LogP contribution >= 0.6 is 15.9 Å². The molecular formula is C16H24BrN3. The van der Waals surface area contributed by atoms with E-state index in [1.54, 1.807) is 0 Å². The zero-order chi connectivity index (χ0) is 14.5. The monoisotopic (exact) mass is 337 g/mol. The first-order chi connectivity index (χ1) is 9.54. The third-order valence-corrected chi connectivity index (χ3v) is 4.20. The predicted octanol–water partition coefficient (Wildman–Crippen LogP) is 4.00. The average Bonchev–Trinajstić information content (AvgIpc) is 2.41. The maximum Gasteiger partial charge on any atom is 0.106 e. The lowest BCUT2D eigenvalue weighted by Gasteiger charge is -2.32. The van der Waals surface area contributed by atoms with Crippen LogP contribution in [0.2, 0.25) is 0 Å². The van der Waals surface area contributed by atoms with Gasteiger partial charge < -0.3 is 5.32 Å². The maximum absolute atomic E-state index is 4.44. The molecule has 0 amide bonds. The summed E-state index contributed by atoms with van der Waals surface area (Å²) in [6.45, 7) is 9.81. The van der Waals surface area contributed by atoms with Crippen LogP contribution in [0, 0.1) is 6.92 Å². The van der Waals surface area contributed by atoms with E-state index < -0.39 is 0 Å². The van der Waals surface area contributed by atoms with Gasteiger partial charge in [-0.3, -0.25) is 4.90 Å². The van der Waals surface area contributed by atoms with Crippen molar-refractivity contribution in [2.45, 2.75) is 39.7 Å². The Balaban J connectivity index is 1.83. The topological polar surface area (TPSA) is 28.2 Å². The highest BCUT2D eigenvalue weighted by Crippen LogP contribution is 2.20. The Bertz CT molecular complexity index is 473. The summed E-state index contributed by atoms with van der Waals surface area (Å²) in [5, 5.41) is 3.64. The molecule has 1 aromatic rings. The Labute approximate surface area is 130 Å². The summed E-state index contributed by atoms with van der Waals surface area (Å²) in [7, 11) is 0. The van der Waals surface area contributed by atoms with Crippen molar-refractivity contribution in [3.05, 3.63) is 34.1 Å². The molecule has 0 unspecified atom stereocenters. The number of hydrogen-bond acceptors (Lipinski definition) is 3. The van der Waals surface area contributed by atoms with Crippen molar-refractivity contribution < 1.29 is 0 Å². The normalized spacial score (nSPS) is 17.0. The lowest BCUT2D eigenvalue weighted by molar-refractivity contribution is 0.240. The van der Waals surface area contributed by atoms with Gasteiger partial charge in [-0.1, -0.05) is 11.6 Å². The van der Waals surface area contributed by atoms with Crippen molar-refractivity contribution in [1.29, 1.82) is 0 Å². The van der Waals surface area contributed by atoms with E-state index in [2.05, 4.69) is 64.0 Å². The summed E-state index contributed by atoms with van der Waals surface area (Å²) in [6, 6.07) is 4.68. The Morgan fingerprint density at radius 3 is 2.70 bits per heavy atom. The highest BCUT2D eigenvalue weighted by atomic mass is 79.9. The van der Waals surface area contributed by atoms with Crippen LogP contribution in [0.15, 0.2) is 28.4 Å². The summed E-state index contributed by atoms with van der Waals surface area (Å²) >= 11 is 3.41. The molecule has 1 fully saturated rings. The minimum absolute atomic E-state index is 0.569. The van der Waals surface area contributed by atoms with Crippen LogP contribution in [0.5, 0.6) is 0 Å². The second-order valence-electron chi connectivity index (χ2n) is 5.77. The number of rotatable bonds is 4. The molecule has 0 saturated carbocycles. The number of aryl methyl sites for hydroxylation is 1. The first-order valence-corrected chi connectivity index (χ1v) is 8.09. The molecule has 3 nitrogen and oxygen atoms in total. The van der Waals surface area contributed by atoms with Crippen LogP contribution in [-0.4, -0.2) is 35.6 Å². The first kappa shape index (κ1) is 15.5. The van der Waals surface area contributed by atoms with Gasteiger partial charge in [0.25, 0.3) is 0 Å². The van der Waals surface area contributed by atoms with Crippen LogP contribution in [-0.2, 0) is 0 Å². The molecule has 0 bridgehead atoms. The van der Waals surface area contributed by atoms with Gasteiger partial charge in [-0.15, -0.1) is 0 Å². The van der Waals surface area contributed by atoms with E-state index >= 15 is 0 Å². The van der Waals surface area contributed by atoms with Crippen LogP contribution in [0.4, 0.5) is 5.69 Å². The number of aromatic nitrogens is 1. The Kier molecular flexibility index (Phi) is 5.61. The molecule has 4 heteroatoms. The van der Waals surface area contributed by atoms with Crippen molar-refractivity contribution in [3.8, 4) is 0 Å². The molecular weight excluding hydrogens is 314 g/mol. The molecule has 0 radical (unpaired) electrons. The molecule has 0 atom stereocenters. The number of piperidine rings is 1. The number of halogens is 1. The van der Waals surface area contributed by atoms with E-state index in [0.717, 1.165) is 22.5 Å². The number of nitrogens with zero attached hydrogens (tertiary/aromatic N) is 2. The molecule has 1 aliphatic rings. The zero-order valence-corrected chi connectivity index (χ0v) is 14.2. The molecule has 2 heterocycles. The molecule has 1 saturated heterocycles.